The van der Waals surface area contributed by atoms with Gasteiger partial charge in [-0.25, -0.2) is 4.79 Å². The quantitative estimate of drug-likeness (QED) is 0.270. The third-order valence-corrected chi connectivity index (χ3v) is 1.64. The molecule has 1 unspecified atom stereocenters. The molecular weight excluding hydrogens is 182 g/mol. The molecule has 0 aromatic carbocycles. The molecule has 0 heterocycles. The molecule has 0 aromatic heterocycles. The van der Waals surface area contributed by atoms with E-state index in [4.69, 9.17) is 4.74 Å². The van der Waals surface area contributed by atoms with Gasteiger partial charge in [0.2, 0.25) is 6.73 Å². The van der Waals surface area contributed by atoms with E-state index < -0.39 is 12.1 Å². The van der Waals surface area contributed by atoms with Crippen LogP contribution in [0, 0.1) is 0 Å². The lowest BCUT2D eigenvalue weighted by molar-refractivity contribution is -0.915. The molecule has 0 rings (SSSR count). The number of esters is 1. The first-order valence-electron chi connectivity index (χ1n) is 4.55. The Hall–Kier alpha value is -0.870. The van der Waals surface area contributed by atoms with Gasteiger partial charge in [0.05, 0.1) is 20.6 Å². The number of ether oxygens (including phenoxy) is 1. The molecule has 0 aliphatic carbocycles. The minimum atomic E-state index is -0.659. The fourth-order valence-electron chi connectivity index (χ4n) is 1.11. The normalized spacial score (nSPS) is 13.5. The lowest BCUT2D eigenvalue weighted by Gasteiger charge is -2.33. The van der Waals surface area contributed by atoms with E-state index >= 15 is 0 Å². The van der Waals surface area contributed by atoms with Crippen LogP contribution in [-0.4, -0.2) is 43.9 Å². The Labute approximate surface area is 85.4 Å². The summed E-state index contributed by atoms with van der Waals surface area (Å²) in [6.07, 6.45) is -0.659. The Morgan fingerprint density at radius 2 is 2.07 bits per heavy atom. The standard InChI is InChI=1S/C10H19NO3/c1-8(2)10(13)14-7-11(4,5)6-9(3)12/h9H,1,6-7H2,2-5H3. The van der Waals surface area contributed by atoms with Crippen molar-refractivity contribution in [2.24, 2.45) is 0 Å². The first-order valence-corrected chi connectivity index (χ1v) is 4.55. The van der Waals surface area contributed by atoms with Gasteiger partial charge in [0, 0.05) is 5.57 Å². The van der Waals surface area contributed by atoms with E-state index in [1.165, 1.54) is 0 Å². The van der Waals surface area contributed by atoms with Gasteiger partial charge in [-0.1, -0.05) is 19.6 Å². The molecule has 0 fully saturated rings. The van der Waals surface area contributed by atoms with E-state index in [0.29, 0.717) is 16.6 Å². The van der Waals surface area contributed by atoms with E-state index in [1.54, 1.807) is 13.8 Å². The zero-order valence-corrected chi connectivity index (χ0v) is 9.37. The summed E-state index contributed by atoms with van der Waals surface area (Å²) in [5.41, 5.74) is 0.375. The SMILES string of the molecule is C=C(C)C(=O)OC[N+](C)(C)CC(C)[O-]. The van der Waals surface area contributed by atoms with Crippen molar-refractivity contribution in [3.05, 3.63) is 12.2 Å². The number of likely N-dealkylation sites (N-methyl/N-ethyl adjacent to an activating group) is 1. The molecule has 82 valence electrons. The van der Waals surface area contributed by atoms with Crippen LogP contribution in [0.15, 0.2) is 12.2 Å². The van der Waals surface area contributed by atoms with Crippen LogP contribution in [0.3, 0.4) is 0 Å². The fraction of sp³-hybridized carbons (Fsp3) is 0.700. The van der Waals surface area contributed by atoms with Crippen molar-refractivity contribution in [2.45, 2.75) is 20.0 Å². The van der Waals surface area contributed by atoms with E-state index in [0.717, 1.165) is 0 Å². The third-order valence-electron chi connectivity index (χ3n) is 1.64. The number of rotatable bonds is 5. The monoisotopic (exact) mass is 201 g/mol. The van der Waals surface area contributed by atoms with E-state index in [2.05, 4.69) is 6.58 Å². The Kier molecular flexibility index (Phi) is 4.80. The van der Waals surface area contributed by atoms with Crippen molar-refractivity contribution in [3.63, 3.8) is 0 Å². The number of hydrogen-bond acceptors (Lipinski definition) is 3. The van der Waals surface area contributed by atoms with Gasteiger partial charge in [-0.05, 0) is 6.92 Å². The average molecular weight is 201 g/mol. The predicted octanol–water partition coefficient (Wildman–Crippen LogP) is -0.112. The molecule has 4 nitrogen and oxygen atoms in total. The van der Waals surface area contributed by atoms with Crippen molar-refractivity contribution in [2.75, 3.05) is 27.4 Å². The summed E-state index contributed by atoms with van der Waals surface area (Å²) in [6, 6.07) is 0. The van der Waals surface area contributed by atoms with Crippen LogP contribution in [0.25, 0.3) is 0 Å². The Bertz CT molecular complexity index is 221. The summed E-state index contributed by atoms with van der Waals surface area (Å²) < 4.78 is 5.34. The minimum absolute atomic E-state index is 0.207. The van der Waals surface area contributed by atoms with Crippen molar-refractivity contribution in [1.82, 2.24) is 0 Å². The average Bonchev–Trinajstić information content (AvgIpc) is 1.97. The van der Waals surface area contributed by atoms with Gasteiger partial charge in [0.25, 0.3) is 0 Å². The molecule has 0 aliphatic heterocycles. The molecule has 14 heavy (non-hydrogen) atoms. The summed E-state index contributed by atoms with van der Waals surface area (Å²) in [5, 5.41) is 10.9. The predicted molar refractivity (Wildman–Crippen MR) is 52.2 cm³/mol. The zero-order chi connectivity index (χ0) is 11.4. The van der Waals surface area contributed by atoms with Crippen LogP contribution in [0.5, 0.6) is 0 Å². The molecule has 0 bridgehead atoms. The maximum Gasteiger partial charge on any atom is 0.337 e. The summed E-state index contributed by atoms with van der Waals surface area (Å²) in [5.74, 6) is -0.408. The maximum atomic E-state index is 11.1. The topological polar surface area (TPSA) is 49.4 Å². The molecule has 0 N–H and O–H groups in total. The van der Waals surface area contributed by atoms with Crippen LogP contribution >= 0.6 is 0 Å². The lowest BCUT2D eigenvalue weighted by Crippen LogP contribution is -2.49. The molecular formula is C10H19NO3. The van der Waals surface area contributed by atoms with E-state index in [9.17, 15) is 9.90 Å². The van der Waals surface area contributed by atoms with Gasteiger partial charge in [-0.3, -0.25) is 4.48 Å². The van der Waals surface area contributed by atoms with Gasteiger partial charge >= 0.3 is 5.97 Å². The van der Waals surface area contributed by atoms with Gasteiger partial charge in [0.15, 0.2) is 0 Å². The molecule has 4 heteroatoms. The van der Waals surface area contributed by atoms with Crippen molar-refractivity contribution < 1.29 is 19.1 Å². The number of nitrogens with zero attached hydrogens (tertiary/aromatic N) is 1. The summed E-state index contributed by atoms with van der Waals surface area (Å²) >= 11 is 0. The molecule has 0 amide bonds. The summed E-state index contributed by atoms with van der Waals surface area (Å²) in [7, 11) is 3.69. The Morgan fingerprint density at radius 3 is 2.43 bits per heavy atom. The van der Waals surface area contributed by atoms with Gasteiger partial charge in [-0.15, -0.1) is 0 Å². The highest BCUT2D eigenvalue weighted by molar-refractivity contribution is 5.86. The highest BCUT2D eigenvalue weighted by Gasteiger charge is 2.17. The second kappa shape index (κ2) is 5.12. The molecule has 0 saturated heterocycles. The number of carbonyl (C=O) groups excluding carboxylic acids is 1. The van der Waals surface area contributed by atoms with Crippen LogP contribution in [0.2, 0.25) is 0 Å². The van der Waals surface area contributed by atoms with E-state index in [-0.39, 0.29) is 6.73 Å². The van der Waals surface area contributed by atoms with Crippen molar-refractivity contribution >= 4 is 5.97 Å². The van der Waals surface area contributed by atoms with Crippen molar-refractivity contribution in [3.8, 4) is 0 Å². The molecule has 0 radical (unpaired) electrons. The Morgan fingerprint density at radius 1 is 1.57 bits per heavy atom. The Balaban J connectivity index is 3.98. The fourth-order valence-corrected chi connectivity index (χ4v) is 1.11. The highest BCUT2D eigenvalue weighted by atomic mass is 16.5. The highest BCUT2D eigenvalue weighted by Crippen LogP contribution is 2.01. The third kappa shape index (κ3) is 5.72. The number of hydrogen-bond donors (Lipinski definition) is 0. The van der Waals surface area contributed by atoms with Crippen LogP contribution in [0.4, 0.5) is 0 Å². The van der Waals surface area contributed by atoms with Gasteiger partial charge < -0.3 is 9.84 Å². The van der Waals surface area contributed by atoms with Gasteiger partial charge in [-0.2, -0.15) is 0 Å². The summed E-state index contributed by atoms with van der Waals surface area (Å²) in [4.78, 5) is 11.1. The molecule has 0 spiro atoms. The van der Waals surface area contributed by atoms with Crippen molar-refractivity contribution in [1.29, 1.82) is 0 Å². The molecule has 0 aliphatic rings. The largest absolute Gasteiger partial charge is 0.848 e. The van der Waals surface area contributed by atoms with Crippen LogP contribution in [0.1, 0.15) is 13.8 Å². The van der Waals surface area contributed by atoms with Crippen LogP contribution in [-0.2, 0) is 9.53 Å². The molecule has 0 aromatic rings. The second-order valence-electron chi connectivity index (χ2n) is 4.27. The maximum absolute atomic E-state index is 11.1. The van der Waals surface area contributed by atoms with Crippen LogP contribution < -0.4 is 5.11 Å². The molecule has 1 atom stereocenters. The minimum Gasteiger partial charge on any atom is -0.848 e. The number of carbonyl (C=O) groups is 1. The second-order valence-corrected chi connectivity index (χ2v) is 4.27. The molecule has 0 saturated carbocycles. The zero-order valence-electron chi connectivity index (χ0n) is 9.37. The first kappa shape index (κ1) is 13.1. The smallest absolute Gasteiger partial charge is 0.337 e. The van der Waals surface area contributed by atoms with Gasteiger partial charge in [0.1, 0.15) is 0 Å². The summed E-state index contributed by atoms with van der Waals surface area (Å²) in [6.45, 7) is 7.31. The lowest BCUT2D eigenvalue weighted by atomic mass is 10.3. The first-order chi connectivity index (χ1) is 6.24. The van der Waals surface area contributed by atoms with E-state index in [1.807, 2.05) is 14.1 Å². The number of quaternary nitrogens is 1.